The molecule has 306 valence electrons. The van der Waals surface area contributed by atoms with E-state index in [0.717, 1.165) is 35.2 Å². The van der Waals surface area contributed by atoms with Crippen molar-refractivity contribution in [3.63, 3.8) is 0 Å². The Morgan fingerprint density at radius 1 is 1.15 bits per heavy atom. The Bertz CT molecular complexity index is 1690. The Morgan fingerprint density at radius 3 is 2.38 bits per heavy atom. The van der Waals surface area contributed by atoms with Gasteiger partial charge in [0.2, 0.25) is 5.91 Å². The highest BCUT2D eigenvalue weighted by Crippen LogP contribution is 2.61. The van der Waals surface area contributed by atoms with Crippen molar-refractivity contribution in [3.05, 3.63) is 45.9 Å². The number of methoxy groups -OCH3 is 1. The van der Waals surface area contributed by atoms with Crippen LogP contribution in [0, 0.1) is 34.5 Å². The molecule has 3 saturated carbocycles. The second-order valence-corrected chi connectivity index (χ2v) is 19.5. The molecule has 2 amide bonds. The summed E-state index contributed by atoms with van der Waals surface area (Å²) in [5, 5.41) is 29.6. The second kappa shape index (κ2) is 17.0. The first-order valence-electron chi connectivity index (χ1n) is 19.8. The summed E-state index contributed by atoms with van der Waals surface area (Å²) in [6.07, 6.45) is 1.28. The zero-order chi connectivity index (χ0) is 40.7. The zero-order valence-electron chi connectivity index (χ0n) is 35.1. The molecular weight excluding hydrogens is 762 g/mol. The lowest BCUT2D eigenvalue weighted by Crippen LogP contribution is -2.62. The van der Waals surface area contributed by atoms with E-state index in [2.05, 4.69) is 73.0 Å². The number of carbonyl (C=O) groups excluding carboxylic acids is 2. The SMILES string of the molecule is COc1c(CN2O[C@@H](CO)[C@@H]([C@H](C)O)[C@H]2C(=O)N[C@H]2C[C@H]3C[C@@H]([C@@H]2C)C3(C)C)cccc1-c1cc(C(=O)N[C@H](CN(C)C)CC(C)(C)C)c(Br)c(N(C)C)c1. The number of ether oxygens (including phenoxy) is 1. The lowest BCUT2D eigenvalue weighted by atomic mass is 9.45. The summed E-state index contributed by atoms with van der Waals surface area (Å²) in [5.74, 6) is 1.01. The van der Waals surface area contributed by atoms with E-state index >= 15 is 0 Å². The fourth-order valence-corrected chi connectivity index (χ4v) is 10.5. The van der Waals surface area contributed by atoms with Crippen molar-refractivity contribution in [1.29, 1.82) is 0 Å². The molecule has 4 N–H and O–H groups in total. The smallest absolute Gasteiger partial charge is 0.252 e. The summed E-state index contributed by atoms with van der Waals surface area (Å²) >= 11 is 3.75. The normalized spacial score (nSPS) is 27.3. The van der Waals surface area contributed by atoms with Gasteiger partial charge in [0.1, 0.15) is 17.9 Å². The molecule has 3 aliphatic carbocycles. The number of amides is 2. The first kappa shape index (κ1) is 43.4. The van der Waals surface area contributed by atoms with Crippen LogP contribution in [0.3, 0.4) is 0 Å². The minimum absolute atomic E-state index is 0.0204. The highest BCUT2D eigenvalue weighted by molar-refractivity contribution is 9.10. The number of likely N-dealkylation sites (N-methyl/N-ethyl adjacent to an activating group) is 1. The maximum atomic E-state index is 14.3. The van der Waals surface area contributed by atoms with Crippen molar-refractivity contribution >= 4 is 33.4 Å². The molecule has 11 nitrogen and oxygen atoms in total. The number of rotatable bonds is 14. The number of nitrogens with zero attached hydrogens (tertiary/aromatic N) is 3. The van der Waals surface area contributed by atoms with Gasteiger partial charge in [0, 0.05) is 49.8 Å². The van der Waals surface area contributed by atoms with Crippen molar-refractivity contribution in [1.82, 2.24) is 20.6 Å². The molecule has 0 spiro atoms. The third kappa shape index (κ3) is 9.20. The molecule has 1 aliphatic heterocycles. The van der Waals surface area contributed by atoms with Crippen molar-refractivity contribution < 1.29 is 29.4 Å². The Kier molecular flexibility index (Phi) is 13.4. The number of para-hydroxylation sites is 1. The largest absolute Gasteiger partial charge is 0.496 e. The maximum absolute atomic E-state index is 14.3. The summed E-state index contributed by atoms with van der Waals surface area (Å²) in [6, 6.07) is 8.88. The number of hydrogen-bond acceptors (Lipinski definition) is 9. The fourth-order valence-electron chi connectivity index (χ4n) is 9.69. The van der Waals surface area contributed by atoms with Gasteiger partial charge in [-0.3, -0.25) is 14.4 Å². The Labute approximate surface area is 337 Å². The summed E-state index contributed by atoms with van der Waals surface area (Å²) in [4.78, 5) is 38.8. The highest BCUT2D eigenvalue weighted by Gasteiger charge is 2.57. The van der Waals surface area contributed by atoms with Crippen LogP contribution >= 0.6 is 15.9 Å². The molecule has 2 aromatic carbocycles. The molecule has 55 heavy (non-hydrogen) atoms. The zero-order valence-corrected chi connectivity index (χ0v) is 36.7. The van der Waals surface area contributed by atoms with Crippen molar-refractivity contribution in [2.45, 2.75) is 105 Å². The van der Waals surface area contributed by atoms with Crippen LogP contribution in [0.4, 0.5) is 5.69 Å². The van der Waals surface area contributed by atoms with Gasteiger partial charge in [-0.1, -0.05) is 59.7 Å². The number of halogens is 1. The highest BCUT2D eigenvalue weighted by atomic mass is 79.9. The van der Waals surface area contributed by atoms with Crippen LogP contribution < -0.4 is 20.3 Å². The number of hydrogen-bond donors (Lipinski definition) is 4. The topological polar surface area (TPSA) is 127 Å². The number of nitrogens with one attached hydrogen (secondary N) is 2. The van der Waals surface area contributed by atoms with Crippen LogP contribution in [-0.4, -0.2) is 111 Å². The average Bonchev–Trinajstić information content (AvgIpc) is 3.46. The van der Waals surface area contributed by atoms with Crippen LogP contribution in [0.2, 0.25) is 0 Å². The predicted molar refractivity (Wildman–Crippen MR) is 222 cm³/mol. The Morgan fingerprint density at radius 2 is 1.84 bits per heavy atom. The lowest BCUT2D eigenvalue weighted by Gasteiger charge is -2.62. The molecule has 0 aromatic heterocycles. The summed E-state index contributed by atoms with van der Waals surface area (Å²) in [7, 11) is 9.52. The Hall–Kier alpha value is -2.74. The lowest BCUT2D eigenvalue weighted by molar-refractivity contribution is -0.183. The van der Waals surface area contributed by atoms with Crippen LogP contribution in [-0.2, 0) is 16.2 Å². The summed E-state index contributed by atoms with van der Waals surface area (Å²) < 4.78 is 6.81. The van der Waals surface area contributed by atoms with Gasteiger partial charge in [-0.05, 0) is 102 Å². The van der Waals surface area contributed by atoms with E-state index in [-0.39, 0.29) is 47.9 Å². The number of fused-ring (bicyclic) bond motifs is 2. The molecule has 9 atom stereocenters. The number of carbonyl (C=O) groups is 2. The Balaban J connectivity index is 1.48. The van der Waals surface area contributed by atoms with E-state index in [9.17, 15) is 19.8 Å². The number of anilines is 1. The van der Waals surface area contributed by atoms with E-state index in [4.69, 9.17) is 9.57 Å². The van der Waals surface area contributed by atoms with Crippen LogP contribution in [0.5, 0.6) is 5.75 Å². The van der Waals surface area contributed by atoms with Gasteiger partial charge >= 0.3 is 0 Å². The minimum atomic E-state index is -0.903. The molecule has 2 aromatic rings. The molecule has 4 fully saturated rings. The maximum Gasteiger partial charge on any atom is 0.252 e. The molecule has 12 heteroatoms. The van der Waals surface area contributed by atoms with Crippen LogP contribution in [0.15, 0.2) is 34.8 Å². The van der Waals surface area contributed by atoms with Gasteiger partial charge in [-0.25, -0.2) is 0 Å². The second-order valence-electron chi connectivity index (χ2n) is 18.7. The predicted octanol–water partition coefficient (Wildman–Crippen LogP) is 5.95. The number of hydroxylamine groups is 2. The quantitative estimate of drug-likeness (QED) is 0.183. The van der Waals surface area contributed by atoms with E-state index in [1.54, 1.807) is 19.1 Å². The van der Waals surface area contributed by atoms with Gasteiger partial charge in [0.15, 0.2) is 0 Å². The van der Waals surface area contributed by atoms with Crippen LogP contribution in [0.25, 0.3) is 11.1 Å². The number of aliphatic hydroxyl groups is 2. The third-order valence-electron chi connectivity index (χ3n) is 12.6. The van der Waals surface area contributed by atoms with Gasteiger partial charge in [-0.2, -0.15) is 5.06 Å². The van der Waals surface area contributed by atoms with Gasteiger partial charge in [0.25, 0.3) is 5.91 Å². The van der Waals surface area contributed by atoms with Gasteiger partial charge < -0.3 is 35.4 Å². The minimum Gasteiger partial charge on any atom is -0.496 e. The van der Waals surface area contributed by atoms with Crippen molar-refractivity contribution in [2.24, 2.45) is 34.5 Å². The van der Waals surface area contributed by atoms with E-state index in [1.807, 2.05) is 63.4 Å². The van der Waals surface area contributed by atoms with Crippen molar-refractivity contribution in [2.75, 3.05) is 53.4 Å². The van der Waals surface area contributed by atoms with E-state index < -0.39 is 24.2 Å². The molecule has 1 saturated heterocycles. The number of aliphatic hydroxyl groups excluding tert-OH is 2. The molecule has 0 radical (unpaired) electrons. The van der Waals surface area contributed by atoms with Crippen molar-refractivity contribution in [3.8, 4) is 16.9 Å². The first-order valence-corrected chi connectivity index (χ1v) is 20.6. The third-order valence-corrected chi connectivity index (χ3v) is 13.4. The molecular formula is C43H66BrN5O6. The summed E-state index contributed by atoms with van der Waals surface area (Å²) in [5.41, 5.74) is 3.96. The monoisotopic (exact) mass is 827 g/mol. The van der Waals surface area contributed by atoms with Crippen LogP contribution in [0.1, 0.15) is 83.7 Å². The van der Waals surface area contributed by atoms with E-state index in [0.29, 0.717) is 40.1 Å². The molecule has 1 heterocycles. The standard InChI is InChI=1S/C43H66BrN5O6/c1-24-32-18-28(43(32,6)7)19-33(24)46-41(53)38-36(25(2)51)35(23-50)55-49(38)21-26-14-13-15-30(39(26)54-12)27-16-31(37(44)34(17-27)48(10)11)40(52)45-29(22-47(8)9)20-42(3,4)5/h13-17,24-25,28-29,32-33,35-36,38,50-51H,18-23H2,1-12H3,(H,45,52)(H,46,53)/t24-,25-,28+,29-,32-,33-,35-,36+,38-/m0/s1. The average molecular weight is 829 g/mol. The summed E-state index contributed by atoms with van der Waals surface area (Å²) in [6.45, 7) is 15.6. The first-order chi connectivity index (χ1) is 25.7. The van der Waals surface area contributed by atoms with Gasteiger partial charge in [-0.15, -0.1) is 0 Å². The van der Waals surface area contributed by atoms with Gasteiger partial charge in [0.05, 0.1) is 42.1 Å². The number of benzene rings is 2. The van der Waals surface area contributed by atoms with E-state index in [1.165, 1.54) is 6.42 Å². The fraction of sp³-hybridized carbons (Fsp3) is 0.674. The molecule has 4 aliphatic rings. The molecule has 0 unspecified atom stereocenters. The molecule has 6 rings (SSSR count). The molecule has 2 bridgehead atoms.